The van der Waals surface area contributed by atoms with Gasteiger partial charge in [0.25, 0.3) is 0 Å². The molecule has 3 aromatic rings. The van der Waals surface area contributed by atoms with Crippen LogP contribution in [-0.2, 0) is 27.5 Å². The van der Waals surface area contributed by atoms with E-state index < -0.39 is 5.97 Å². The van der Waals surface area contributed by atoms with Gasteiger partial charge in [-0.25, -0.2) is 9.18 Å². The number of amides is 1. The first-order valence-electron chi connectivity index (χ1n) is 11.0. The van der Waals surface area contributed by atoms with Crippen LogP contribution < -0.4 is 0 Å². The number of aryl methyl sites for hydroxylation is 1. The lowest BCUT2D eigenvalue weighted by molar-refractivity contribution is -0.141. The maximum absolute atomic E-state index is 13.3. The smallest absolute Gasteiger partial charge is 0.336 e. The van der Waals surface area contributed by atoms with Crippen molar-refractivity contribution in [2.75, 3.05) is 0 Å². The largest absolute Gasteiger partial charge is 0.457 e. The molecule has 0 aliphatic carbocycles. The number of ether oxygens (including phenoxy) is 1. The molecule has 1 unspecified atom stereocenters. The first-order valence-corrected chi connectivity index (χ1v) is 11.0. The van der Waals surface area contributed by atoms with Gasteiger partial charge < -0.3 is 9.64 Å². The van der Waals surface area contributed by atoms with Gasteiger partial charge in [0.2, 0.25) is 5.91 Å². The number of esters is 1. The maximum atomic E-state index is 13.3. The molecule has 0 saturated carbocycles. The Bertz CT molecular complexity index is 1170. The lowest BCUT2D eigenvalue weighted by atomic mass is 9.83. The molecule has 33 heavy (non-hydrogen) atoms. The van der Waals surface area contributed by atoms with Gasteiger partial charge in [-0.15, -0.1) is 0 Å². The van der Waals surface area contributed by atoms with Crippen molar-refractivity contribution in [1.29, 1.82) is 0 Å². The van der Waals surface area contributed by atoms with Crippen LogP contribution in [0.15, 0.2) is 90.1 Å². The quantitative estimate of drug-likeness (QED) is 0.461. The molecular weight excluding hydrogens is 417 g/mol. The number of allylic oxidation sites excluding steroid dienone is 1. The summed E-state index contributed by atoms with van der Waals surface area (Å²) in [4.78, 5) is 28.0. The van der Waals surface area contributed by atoms with E-state index in [0.717, 1.165) is 22.3 Å². The van der Waals surface area contributed by atoms with Crippen molar-refractivity contribution >= 4 is 11.9 Å². The fourth-order valence-electron chi connectivity index (χ4n) is 4.12. The van der Waals surface area contributed by atoms with Crippen molar-refractivity contribution in [3.8, 4) is 0 Å². The van der Waals surface area contributed by atoms with E-state index in [9.17, 15) is 14.0 Å². The third-order valence-corrected chi connectivity index (χ3v) is 5.99. The third kappa shape index (κ3) is 5.20. The molecule has 0 saturated heterocycles. The van der Waals surface area contributed by atoms with E-state index in [4.69, 9.17) is 4.74 Å². The molecule has 1 amide bonds. The highest BCUT2D eigenvalue weighted by Crippen LogP contribution is 2.38. The first kappa shape index (κ1) is 22.5. The number of carbonyl (C=O) groups excluding carboxylic acids is 2. The Labute approximate surface area is 193 Å². The van der Waals surface area contributed by atoms with Gasteiger partial charge in [-0.3, -0.25) is 4.79 Å². The Hall–Kier alpha value is -3.73. The molecule has 0 spiro atoms. The Morgan fingerprint density at radius 3 is 2.27 bits per heavy atom. The van der Waals surface area contributed by atoms with Gasteiger partial charge in [-0.2, -0.15) is 0 Å². The van der Waals surface area contributed by atoms with Crippen molar-refractivity contribution < 1.29 is 18.7 Å². The second-order valence-corrected chi connectivity index (χ2v) is 8.33. The molecule has 5 heteroatoms. The molecular formula is C28H26FNO3. The number of benzene rings is 3. The van der Waals surface area contributed by atoms with Gasteiger partial charge in [-0.05, 0) is 42.7 Å². The SMILES string of the molecule is CC1=C(C(=O)OCc2ccccc2)C(c2ccc(C)cc2)CC(=O)N1Cc1ccc(F)cc1. The summed E-state index contributed by atoms with van der Waals surface area (Å²) in [6.07, 6.45) is 0.164. The number of rotatable bonds is 6. The highest BCUT2D eigenvalue weighted by molar-refractivity contribution is 5.95. The lowest BCUT2D eigenvalue weighted by Gasteiger charge is -2.34. The molecule has 0 radical (unpaired) electrons. The number of hydrogen-bond acceptors (Lipinski definition) is 3. The molecule has 0 fully saturated rings. The van der Waals surface area contributed by atoms with Crippen LogP contribution in [0.5, 0.6) is 0 Å². The number of carbonyl (C=O) groups is 2. The van der Waals surface area contributed by atoms with Crippen LogP contribution >= 0.6 is 0 Å². The molecule has 1 aliphatic heterocycles. The van der Waals surface area contributed by atoms with E-state index in [1.54, 1.807) is 24.0 Å². The van der Waals surface area contributed by atoms with Gasteiger partial charge in [0.1, 0.15) is 12.4 Å². The van der Waals surface area contributed by atoms with E-state index in [1.807, 2.05) is 61.5 Å². The third-order valence-electron chi connectivity index (χ3n) is 5.99. The number of hydrogen-bond donors (Lipinski definition) is 0. The van der Waals surface area contributed by atoms with Crippen molar-refractivity contribution in [3.63, 3.8) is 0 Å². The van der Waals surface area contributed by atoms with Crippen molar-refractivity contribution in [3.05, 3.63) is 118 Å². The first-order chi connectivity index (χ1) is 15.9. The number of halogens is 1. The minimum atomic E-state index is -0.432. The van der Waals surface area contributed by atoms with Crippen LogP contribution in [-0.4, -0.2) is 16.8 Å². The lowest BCUT2D eigenvalue weighted by Crippen LogP contribution is -2.38. The fraction of sp³-hybridized carbons (Fsp3) is 0.214. The minimum absolute atomic E-state index is 0.0815. The summed E-state index contributed by atoms with van der Waals surface area (Å²) in [5, 5.41) is 0. The Morgan fingerprint density at radius 1 is 0.939 bits per heavy atom. The predicted octanol–water partition coefficient (Wildman–Crippen LogP) is 5.67. The second kappa shape index (κ2) is 9.82. The fourth-order valence-corrected chi connectivity index (χ4v) is 4.12. The summed E-state index contributed by atoms with van der Waals surface area (Å²) in [5.41, 5.74) is 4.74. The Balaban J connectivity index is 1.67. The minimum Gasteiger partial charge on any atom is -0.457 e. The summed E-state index contributed by atoms with van der Waals surface area (Å²) in [7, 11) is 0. The van der Waals surface area contributed by atoms with Crippen LogP contribution in [0.2, 0.25) is 0 Å². The van der Waals surface area contributed by atoms with Gasteiger partial charge >= 0.3 is 5.97 Å². The Kier molecular flexibility index (Phi) is 6.68. The van der Waals surface area contributed by atoms with Crippen LogP contribution in [0.25, 0.3) is 0 Å². The summed E-state index contributed by atoms with van der Waals surface area (Å²) >= 11 is 0. The molecule has 0 N–H and O–H groups in total. The van der Waals surface area contributed by atoms with Crippen LogP contribution in [0.1, 0.15) is 41.5 Å². The van der Waals surface area contributed by atoms with Crippen molar-refractivity contribution in [2.24, 2.45) is 0 Å². The van der Waals surface area contributed by atoms with E-state index >= 15 is 0 Å². The van der Waals surface area contributed by atoms with Gasteiger partial charge in [-0.1, -0.05) is 72.3 Å². The topological polar surface area (TPSA) is 46.6 Å². The maximum Gasteiger partial charge on any atom is 0.336 e. The van der Waals surface area contributed by atoms with E-state index in [0.29, 0.717) is 11.3 Å². The molecule has 0 aromatic heterocycles. The van der Waals surface area contributed by atoms with Crippen LogP contribution in [0, 0.1) is 12.7 Å². The summed E-state index contributed by atoms with van der Waals surface area (Å²) < 4.78 is 19.0. The molecule has 1 atom stereocenters. The molecule has 0 bridgehead atoms. The van der Waals surface area contributed by atoms with Gasteiger partial charge in [0.15, 0.2) is 0 Å². The molecule has 1 heterocycles. The highest BCUT2D eigenvalue weighted by Gasteiger charge is 2.37. The second-order valence-electron chi connectivity index (χ2n) is 8.33. The Morgan fingerprint density at radius 2 is 1.61 bits per heavy atom. The zero-order chi connectivity index (χ0) is 23.4. The summed E-state index contributed by atoms with van der Waals surface area (Å²) in [5.74, 6) is -1.23. The zero-order valence-electron chi connectivity index (χ0n) is 18.8. The average Bonchev–Trinajstić information content (AvgIpc) is 2.82. The van der Waals surface area contributed by atoms with Gasteiger partial charge in [0.05, 0.1) is 12.1 Å². The van der Waals surface area contributed by atoms with E-state index in [1.165, 1.54) is 12.1 Å². The zero-order valence-corrected chi connectivity index (χ0v) is 18.8. The van der Waals surface area contributed by atoms with E-state index in [-0.39, 0.29) is 37.2 Å². The molecule has 168 valence electrons. The summed E-state index contributed by atoms with van der Waals surface area (Å²) in [6, 6.07) is 23.4. The van der Waals surface area contributed by atoms with Crippen molar-refractivity contribution in [1.82, 2.24) is 4.90 Å². The van der Waals surface area contributed by atoms with Gasteiger partial charge in [0, 0.05) is 18.0 Å². The van der Waals surface area contributed by atoms with E-state index in [2.05, 4.69) is 0 Å². The van der Waals surface area contributed by atoms with Crippen LogP contribution in [0.3, 0.4) is 0 Å². The summed E-state index contributed by atoms with van der Waals surface area (Å²) in [6.45, 7) is 4.20. The molecule has 4 rings (SSSR count). The monoisotopic (exact) mass is 443 g/mol. The van der Waals surface area contributed by atoms with Crippen LogP contribution in [0.4, 0.5) is 4.39 Å². The standard InChI is InChI=1S/C28H26FNO3/c1-19-8-12-23(13-9-19)25-16-26(31)30(17-21-10-14-24(29)15-11-21)20(2)27(25)28(32)33-18-22-6-4-3-5-7-22/h3-15,25H,16-18H2,1-2H3. The average molecular weight is 444 g/mol. The molecule has 3 aromatic carbocycles. The highest BCUT2D eigenvalue weighted by atomic mass is 19.1. The predicted molar refractivity (Wildman–Crippen MR) is 124 cm³/mol. The molecule has 1 aliphatic rings. The molecule has 4 nitrogen and oxygen atoms in total. The van der Waals surface area contributed by atoms with Crippen molar-refractivity contribution in [2.45, 2.75) is 39.3 Å². The normalized spacial score (nSPS) is 16.2. The number of nitrogens with zero attached hydrogens (tertiary/aromatic N) is 1.